The maximum Gasteiger partial charge on any atom is 0.271 e. The standard InChI is InChI=1S/C14H19ClN2O2/c1-2-10-5-3-4-6-13(10)16-14-9-11(17(18)19)7-8-12(14)15/h7-10,13,16H,2-6H2,1H3. The van der Waals surface area contributed by atoms with Crippen LogP contribution in [0.1, 0.15) is 39.0 Å². The Morgan fingerprint density at radius 1 is 1.42 bits per heavy atom. The zero-order valence-corrected chi connectivity index (χ0v) is 11.8. The molecule has 1 aromatic carbocycles. The lowest BCUT2D eigenvalue weighted by Crippen LogP contribution is -2.31. The summed E-state index contributed by atoms with van der Waals surface area (Å²) in [5, 5.41) is 14.8. The molecule has 0 aromatic heterocycles. The minimum absolute atomic E-state index is 0.0794. The number of halogens is 1. The van der Waals surface area contributed by atoms with Crippen molar-refractivity contribution in [2.45, 2.75) is 45.1 Å². The Kier molecular flexibility index (Phi) is 4.64. The Bertz CT molecular complexity index is 465. The molecule has 0 spiro atoms. The molecular formula is C14H19ClN2O2. The summed E-state index contributed by atoms with van der Waals surface area (Å²) in [7, 11) is 0. The third-order valence-electron chi connectivity index (χ3n) is 3.94. The number of nitrogens with one attached hydrogen (secondary N) is 1. The monoisotopic (exact) mass is 282 g/mol. The summed E-state index contributed by atoms with van der Waals surface area (Å²) >= 11 is 6.13. The van der Waals surface area contributed by atoms with Crippen molar-refractivity contribution < 1.29 is 4.92 Å². The van der Waals surface area contributed by atoms with E-state index in [0.29, 0.717) is 22.7 Å². The van der Waals surface area contributed by atoms with E-state index in [1.165, 1.54) is 31.4 Å². The van der Waals surface area contributed by atoms with Gasteiger partial charge in [-0.05, 0) is 24.8 Å². The van der Waals surface area contributed by atoms with Crippen molar-refractivity contribution in [3.8, 4) is 0 Å². The highest BCUT2D eigenvalue weighted by atomic mass is 35.5. The van der Waals surface area contributed by atoms with Gasteiger partial charge in [-0.2, -0.15) is 0 Å². The van der Waals surface area contributed by atoms with Crippen molar-refractivity contribution in [1.29, 1.82) is 0 Å². The van der Waals surface area contributed by atoms with Gasteiger partial charge >= 0.3 is 0 Å². The molecular weight excluding hydrogens is 264 g/mol. The first-order chi connectivity index (χ1) is 9.11. The molecule has 0 heterocycles. The molecule has 1 aliphatic rings. The first-order valence-corrected chi connectivity index (χ1v) is 7.20. The van der Waals surface area contributed by atoms with Crippen LogP contribution in [0, 0.1) is 16.0 Å². The second kappa shape index (κ2) is 6.24. The van der Waals surface area contributed by atoms with Gasteiger partial charge in [-0.15, -0.1) is 0 Å². The zero-order chi connectivity index (χ0) is 13.8. The van der Waals surface area contributed by atoms with E-state index < -0.39 is 0 Å². The first-order valence-electron chi connectivity index (χ1n) is 6.82. The number of anilines is 1. The maximum atomic E-state index is 10.8. The summed E-state index contributed by atoms with van der Waals surface area (Å²) in [6, 6.07) is 4.93. The molecule has 2 rings (SSSR count). The molecule has 0 radical (unpaired) electrons. The Hall–Kier alpha value is -1.29. The topological polar surface area (TPSA) is 55.2 Å². The largest absolute Gasteiger partial charge is 0.381 e. The van der Waals surface area contributed by atoms with Crippen LogP contribution in [0.3, 0.4) is 0 Å². The fourth-order valence-electron chi connectivity index (χ4n) is 2.82. The van der Waals surface area contributed by atoms with E-state index in [-0.39, 0.29) is 10.6 Å². The average Bonchev–Trinajstić information content (AvgIpc) is 2.41. The summed E-state index contributed by atoms with van der Waals surface area (Å²) in [6.07, 6.45) is 5.95. The molecule has 0 amide bonds. The molecule has 5 heteroatoms. The van der Waals surface area contributed by atoms with Gasteiger partial charge in [0.1, 0.15) is 0 Å². The minimum atomic E-state index is -0.389. The first kappa shape index (κ1) is 14.1. The van der Waals surface area contributed by atoms with Gasteiger partial charge in [-0.3, -0.25) is 10.1 Å². The number of nitro benzene ring substituents is 1. The van der Waals surface area contributed by atoms with Crippen molar-refractivity contribution in [3.05, 3.63) is 33.3 Å². The minimum Gasteiger partial charge on any atom is -0.381 e. The molecule has 2 unspecified atom stereocenters. The number of rotatable bonds is 4. The molecule has 2 atom stereocenters. The van der Waals surface area contributed by atoms with Crippen LogP contribution < -0.4 is 5.32 Å². The van der Waals surface area contributed by atoms with Crippen LogP contribution in [0.2, 0.25) is 5.02 Å². The predicted octanol–water partition coefficient (Wildman–Crippen LogP) is 4.63. The lowest BCUT2D eigenvalue weighted by atomic mass is 9.83. The second-order valence-corrected chi connectivity index (χ2v) is 5.53. The summed E-state index contributed by atoms with van der Waals surface area (Å²) in [5.74, 6) is 0.629. The highest BCUT2D eigenvalue weighted by Gasteiger charge is 2.24. The van der Waals surface area contributed by atoms with Crippen LogP contribution in [-0.2, 0) is 0 Å². The van der Waals surface area contributed by atoms with Gasteiger partial charge in [0.15, 0.2) is 0 Å². The lowest BCUT2D eigenvalue weighted by Gasteiger charge is -2.32. The summed E-state index contributed by atoms with van der Waals surface area (Å²) in [6.45, 7) is 2.19. The summed E-state index contributed by atoms with van der Waals surface area (Å²) in [5.41, 5.74) is 0.761. The Labute approximate surface area is 118 Å². The Balaban J connectivity index is 2.17. The van der Waals surface area contributed by atoms with E-state index in [1.807, 2.05) is 0 Å². The van der Waals surface area contributed by atoms with E-state index >= 15 is 0 Å². The molecule has 1 aromatic rings. The number of hydrogen-bond acceptors (Lipinski definition) is 3. The summed E-state index contributed by atoms with van der Waals surface area (Å²) < 4.78 is 0. The van der Waals surface area contributed by atoms with Gasteiger partial charge in [0.05, 0.1) is 15.6 Å². The lowest BCUT2D eigenvalue weighted by molar-refractivity contribution is -0.384. The highest BCUT2D eigenvalue weighted by Crippen LogP contribution is 2.33. The highest BCUT2D eigenvalue weighted by molar-refractivity contribution is 6.33. The van der Waals surface area contributed by atoms with Crippen LogP contribution in [-0.4, -0.2) is 11.0 Å². The molecule has 19 heavy (non-hydrogen) atoms. The smallest absolute Gasteiger partial charge is 0.271 e. The number of nitrogens with zero attached hydrogens (tertiary/aromatic N) is 1. The molecule has 0 saturated heterocycles. The van der Waals surface area contributed by atoms with E-state index in [9.17, 15) is 10.1 Å². The Morgan fingerprint density at radius 2 is 2.16 bits per heavy atom. The average molecular weight is 283 g/mol. The van der Waals surface area contributed by atoms with Crippen LogP contribution in [0.25, 0.3) is 0 Å². The van der Waals surface area contributed by atoms with Crippen LogP contribution >= 0.6 is 11.6 Å². The molecule has 0 bridgehead atoms. The van der Waals surface area contributed by atoms with Crippen LogP contribution in [0.15, 0.2) is 18.2 Å². The number of hydrogen-bond donors (Lipinski definition) is 1. The van der Waals surface area contributed by atoms with Gasteiger partial charge in [0.25, 0.3) is 5.69 Å². The van der Waals surface area contributed by atoms with Crippen LogP contribution in [0.5, 0.6) is 0 Å². The molecule has 1 saturated carbocycles. The zero-order valence-electron chi connectivity index (χ0n) is 11.1. The fourth-order valence-corrected chi connectivity index (χ4v) is 3.00. The number of benzene rings is 1. The van der Waals surface area contributed by atoms with Gasteiger partial charge in [-0.1, -0.05) is 37.8 Å². The summed E-state index contributed by atoms with van der Waals surface area (Å²) in [4.78, 5) is 10.4. The van der Waals surface area contributed by atoms with E-state index in [2.05, 4.69) is 12.2 Å². The fraction of sp³-hybridized carbons (Fsp3) is 0.571. The normalized spacial score (nSPS) is 23.1. The molecule has 4 nitrogen and oxygen atoms in total. The Morgan fingerprint density at radius 3 is 2.84 bits per heavy atom. The van der Waals surface area contributed by atoms with Crippen molar-refractivity contribution in [2.24, 2.45) is 5.92 Å². The molecule has 1 fully saturated rings. The van der Waals surface area contributed by atoms with E-state index in [0.717, 1.165) is 12.8 Å². The van der Waals surface area contributed by atoms with E-state index in [1.54, 1.807) is 6.07 Å². The number of non-ortho nitro benzene ring substituents is 1. The molecule has 0 aliphatic heterocycles. The predicted molar refractivity (Wildman–Crippen MR) is 77.8 cm³/mol. The third kappa shape index (κ3) is 3.38. The van der Waals surface area contributed by atoms with Crippen molar-refractivity contribution in [3.63, 3.8) is 0 Å². The van der Waals surface area contributed by atoms with E-state index in [4.69, 9.17) is 11.6 Å². The van der Waals surface area contributed by atoms with Crippen molar-refractivity contribution in [2.75, 3.05) is 5.32 Å². The van der Waals surface area contributed by atoms with Gasteiger partial charge < -0.3 is 5.32 Å². The SMILES string of the molecule is CCC1CCCCC1Nc1cc([N+](=O)[O-])ccc1Cl. The van der Waals surface area contributed by atoms with Gasteiger partial charge in [-0.25, -0.2) is 0 Å². The molecule has 104 valence electrons. The third-order valence-corrected chi connectivity index (χ3v) is 4.26. The molecule has 1 aliphatic carbocycles. The quantitative estimate of drug-likeness (QED) is 0.647. The second-order valence-electron chi connectivity index (χ2n) is 5.12. The van der Waals surface area contributed by atoms with Gasteiger partial charge in [0.2, 0.25) is 0 Å². The van der Waals surface area contributed by atoms with Gasteiger partial charge in [0, 0.05) is 18.2 Å². The number of nitro groups is 1. The molecule has 1 N–H and O–H groups in total. The van der Waals surface area contributed by atoms with Crippen molar-refractivity contribution in [1.82, 2.24) is 0 Å². The van der Waals surface area contributed by atoms with Crippen LogP contribution in [0.4, 0.5) is 11.4 Å². The van der Waals surface area contributed by atoms with Crippen molar-refractivity contribution >= 4 is 23.0 Å². The maximum absolute atomic E-state index is 10.8.